The molecule has 164 valence electrons. The number of ketones is 1. The smallest absolute Gasteiger partial charge is 0.410 e. The largest absolute Gasteiger partial charge is 0.461 e. The first kappa shape index (κ1) is 26.3. The predicted octanol–water partition coefficient (Wildman–Crippen LogP) is 1.79. The Bertz CT molecular complexity index is 644. The summed E-state index contributed by atoms with van der Waals surface area (Å²) >= 11 is 0. The molecule has 0 saturated carbocycles. The average molecular weight is 413 g/mol. The van der Waals surface area contributed by atoms with E-state index < -0.39 is 41.9 Å². The second kappa shape index (κ2) is 12.0. The molecule has 1 amide bonds. The lowest BCUT2D eigenvalue weighted by molar-refractivity contribution is -0.184. The summed E-state index contributed by atoms with van der Waals surface area (Å²) in [6.45, 7) is 15.0. The molecule has 0 aliphatic rings. The van der Waals surface area contributed by atoms with Gasteiger partial charge in [0.25, 0.3) is 13.0 Å². The van der Waals surface area contributed by atoms with Gasteiger partial charge in [0, 0.05) is 12.3 Å². The molecule has 0 aromatic heterocycles. The van der Waals surface area contributed by atoms with Crippen LogP contribution in [0.25, 0.3) is 0 Å². The Kier molecular flexibility index (Phi) is 10.9. The maximum Gasteiger partial charge on any atom is 0.410 e. The van der Waals surface area contributed by atoms with Crippen molar-refractivity contribution in [1.82, 2.24) is 9.98 Å². The van der Waals surface area contributed by atoms with Crippen LogP contribution in [-0.4, -0.2) is 55.2 Å². The lowest BCUT2D eigenvalue weighted by atomic mass is 9.97. The van der Waals surface area contributed by atoms with Crippen molar-refractivity contribution in [3.8, 4) is 0 Å². The van der Waals surface area contributed by atoms with Gasteiger partial charge in [0.05, 0.1) is 11.5 Å². The molecule has 9 nitrogen and oxygen atoms in total. The number of ether oxygens (including phenoxy) is 3. The highest BCUT2D eigenvalue weighted by atomic mass is 16.7. The number of rotatable bonds is 10. The van der Waals surface area contributed by atoms with Gasteiger partial charge in [0.15, 0.2) is 0 Å². The lowest BCUT2D eigenvalue weighted by Gasteiger charge is -2.26. The average Bonchev–Trinajstić information content (AvgIpc) is 2.56. The van der Waals surface area contributed by atoms with Crippen molar-refractivity contribution in [2.45, 2.75) is 79.7 Å². The van der Waals surface area contributed by atoms with Crippen LogP contribution >= 0.6 is 0 Å². The van der Waals surface area contributed by atoms with Gasteiger partial charge in [-0.3, -0.25) is 9.59 Å². The van der Waals surface area contributed by atoms with Crippen LogP contribution in [-0.2, 0) is 28.6 Å². The fourth-order valence-corrected chi connectivity index (χ4v) is 1.88. The van der Waals surface area contributed by atoms with E-state index in [-0.39, 0.29) is 24.5 Å². The van der Waals surface area contributed by atoms with Crippen LogP contribution in [0, 0.1) is 11.3 Å². The van der Waals surface area contributed by atoms with E-state index in [0.717, 1.165) is 6.21 Å². The summed E-state index contributed by atoms with van der Waals surface area (Å²) in [6, 6.07) is -1.11. The minimum absolute atomic E-state index is 0.0143. The molecule has 9 heteroatoms. The summed E-state index contributed by atoms with van der Waals surface area (Å²) in [7, 11) is 0. The molecule has 29 heavy (non-hydrogen) atoms. The molecule has 1 N–H and O–H groups in total. The Balaban J connectivity index is 5.15. The highest BCUT2D eigenvalue weighted by molar-refractivity contribution is 6.27. The predicted molar refractivity (Wildman–Crippen MR) is 108 cm³/mol. The van der Waals surface area contributed by atoms with E-state index in [0.29, 0.717) is 0 Å². The van der Waals surface area contributed by atoms with Gasteiger partial charge in [0.1, 0.15) is 6.04 Å². The molecule has 2 atom stereocenters. The number of amides is 1. The maximum atomic E-state index is 12.3. The number of carbonyl (C=O) groups is 4. The Hall–Kier alpha value is -2.67. The number of hydrogen-bond donors (Lipinski definition) is 1. The molecule has 0 aliphatic carbocycles. The van der Waals surface area contributed by atoms with Crippen molar-refractivity contribution in [2.75, 3.05) is 0 Å². The third-order valence-corrected chi connectivity index (χ3v) is 3.45. The molecule has 0 radical (unpaired) electrons. The molecule has 1 unspecified atom stereocenters. The van der Waals surface area contributed by atoms with Gasteiger partial charge in [-0.2, -0.15) is 0 Å². The van der Waals surface area contributed by atoms with Gasteiger partial charge >= 0.3 is 24.2 Å². The normalized spacial score (nSPS) is 13.1. The molecule has 0 saturated heterocycles. The minimum Gasteiger partial charge on any atom is -0.461 e. The highest BCUT2D eigenvalue weighted by Gasteiger charge is 2.31. The van der Waals surface area contributed by atoms with E-state index in [4.69, 9.17) is 14.2 Å². The minimum atomic E-state index is -1.14. The number of carbonyl (C=O) groups excluding carboxylic acids is 4. The summed E-state index contributed by atoms with van der Waals surface area (Å²) in [4.78, 5) is 48.3. The fourth-order valence-electron chi connectivity index (χ4n) is 1.88. The zero-order valence-corrected chi connectivity index (χ0v) is 18.3. The van der Waals surface area contributed by atoms with Crippen molar-refractivity contribution < 1.29 is 33.4 Å². The number of alkyl carbamates (subject to hydrolysis) is 1. The molecule has 0 spiro atoms. The topological polar surface area (TPSA) is 122 Å². The Morgan fingerprint density at radius 1 is 1.03 bits per heavy atom. The molecule has 0 bridgehead atoms. The maximum absolute atomic E-state index is 12.3. The van der Waals surface area contributed by atoms with E-state index in [1.165, 1.54) is 0 Å². The van der Waals surface area contributed by atoms with Crippen LogP contribution in [0.4, 0.5) is 4.79 Å². The fraction of sp³-hybridized carbons (Fsp3) is 0.700. The third-order valence-electron chi connectivity index (χ3n) is 3.45. The summed E-state index contributed by atoms with van der Waals surface area (Å²) < 4.78 is 19.0. The monoisotopic (exact) mass is 413 g/mol. The Labute approximate surface area is 171 Å². The van der Waals surface area contributed by atoms with Crippen LogP contribution in [0.2, 0.25) is 0 Å². The van der Waals surface area contributed by atoms with Crippen LogP contribution < -0.4 is 9.98 Å². The number of esters is 2. The third kappa shape index (κ3) is 11.0. The first-order valence-corrected chi connectivity index (χ1v) is 9.48. The van der Waals surface area contributed by atoms with Crippen LogP contribution in [0.1, 0.15) is 61.3 Å². The highest BCUT2D eigenvalue weighted by Crippen LogP contribution is 2.19. The molecule has 0 rings (SSSR count). The zero-order valence-electron chi connectivity index (χ0n) is 18.3. The summed E-state index contributed by atoms with van der Waals surface area (Å²) in [5.74, 6) is -1.90. The van der Waals surface area contributed by atoms with E-state index in [2.05, 4.69) is 16.7 Å². The molecular weight excluding hydrogens is 380 g/mol. The van der Waals surface area contributed by atoms with Gasteiger partial charge in [0.2, 0.25) is 5.78 Å². The number of Topliss-reactive ketones (excluding diaryl/α,β-unsaturated/α-hetero) is 1. The van der Waals surface area contributed by atoms with E-state index in [1.807, 2.05) is 0 Å². The van der Waals surface area contributed by atoms with Crippen molar-refractivity contribution in [2.24, 2.45) is 11.3 Å². The van der Waals surface area contributed by atoms with E-state index in [9.17, 15) is 19.2 Å². The first-order valence-electron chi connectivity index (χ1n) is 9.48. The zero-order chi connectivity index (χ0) is 22.8. The molecule has 0 heterocycles. The quantitative estimate of drug-likeness (QED) is 0.251. The number of nitrogens with zero attached hydrogens (tertiary/aromatic N) is 1. The second-order valence-corrected chi connectivity index (χ2v) is 8.17. The van der Waals surface area contributed by atoms with E-state index in [1.54, 1.807) is 48.5 Å². The number of hydrogen-bond acceptors (Lipinski definition) is 7. The molecule has 0 aromatic rings. The van der Waals surface area contributed by atoms with Crippen LogP contribution in [0.5, 0.6) is 0 Å². The van der Waals surface area contributed by atoms with Crippen LogP contribution in [0.15, 0.2) is 0 Å². The van der Waals surface area contributed by atoms with E-state index >= 15 is 0 Å². The number of nitrogens with one attached hydrogen (secondary N) is 1. The van der Waals surface area contributed by atoms with Crippen molar-refractivity contribution in [3.63, 3.8) is 0 Å². The summed E-state index contributed by atoms with van der Waals surface area (Å²) in [6.07, 6.45) is -1.54. The SMILES string of the molecule is C=[N+]=CC(=O)CC[C@H](NC(=O)OC(OC(=O)C(C)(C)C)C(C)C)C(=O)OC(C)C. The van der Waals surface area contributed by atoms with Crippen LogP contribution in [0.3, 0.4) is 0 Å². The molecule has 0 aromatic carbocycles. The standard InChI is InChI=1S/C20H32N2O7/c1-12(2)17(28-18(25)20(5,6)7)29-19(26)22-15(16(24)27-13(3)4)10-9-14(23)11-21-8/h11-13,15,17H,8-10H2,1-7H3/p+1/t15-,17?/m0/s1. The van der Waals surface area contributed by atoms with Gasteiger partial charge in [-0.05, 0) is 41.0 Å². The van der Waals surface area contributed by atoms with Gasteiger partial charge < -0.3 is 19.5 Å². The molecule has 0 fully saturated rings. The molecule has 0 aliphatic heterocycles. The van der Waals surface area contributed by atoms with Crippen molar-refractivity contribution >= 4 is 36.7 Å². The van der Waals surface area contributed by atoms with Gasteiger partial charge in [-0.1, -0.05) is 13.8 Å². The Morgan fingerprint density at radius 2 is 1.62 bits per heavy atom. The first-order chi connectivity index (χ1) is 13.3. The van der Waals surface area contributed by atoms with Crippen molar-refractivity contribution in [1.29, 1.82) is 0 Å². The van der Waals surface area contributed by atoms with Gasteiger partial charge in [-0.15, -0.1) is 4.67 Å². The second-order valence-electron chi connectivity index (χ2n) is 8.17. The van der Waals surface area contributed by atoms with Gasteiger partial charge in [-0.25, -0.2) is 9.59 Å². The lowest BCUT2D eigenvalue weighted by Crippen LogP contribution is -2.45. The summed E-state index contributed by atoms with van der Waals surface area (Å²) in [5, 5.41) is 2.38. The molecular formula is C20H33N2O7+. The Morgan fingerprint density at radius 3 is 2.07 bits per heavy atom. The summed E-state index contributed by atoms with van der Waals surface area (Å²) in [5.41, 5.74) is -0.771. The van der Waals surface area contributed by atoms with Crippen molar-refractivity contribution in [3.05, 3.63) is 0 Å².